The Balaban J connectivity index is 1.61. The quantitative estimate of drug-likeness (QED) is 0.761. The molecule has 2 heterocycles. The highest BCUT2D eigenvalue weighted by molar-refractivity contribution is 5.07. The van der Waals surface area contributed by atoms with Crippen LogP contribution in [0.4, 0.5) is 0 Å². The number of hydrogen-bond acceptors (Lipinski definition) is 2. The molecule has 2 saturated heterocycles. The summed E-state index contributed by atoms with van der Waals surface area (Å²) in [7, 11) is 0. The van der Waals surface area contributed by atoms with Crippen LogP contribution in [-0.2, 0) is 0 Å². The lowest BCUT2D eigenvalue weighted by Crippen LogP contribution is -2.74. The Morgan fingerprint density at radius 1 is 0.889 bits per heavy atom. The van der Waals surface area contributed by atoms with Crippen LogP contribution in [0.5, 0.6) is 0 Å². The highest BCUT2D eigenvalue weighted by atomic mass is 15.3. The first-order valence-electron chi connectivity index (χ1n) is 7.57. The number of rotatable bonds is 3. The predicted octanol–water partition coefficient (Wildman–Crippen LogP) is 3.23. The highest BCUT2D eigenvalue weighted by Gasteiger charge is 2.53. The van der Waals surface area contributed by atoms with E-state index < -0.39 is 0 Å². The molecule has 0 unspecified atom stereocenters. The van der Waals surface area contributed by atoms with Gasteiger partial charge in [0.1, 0.15) is 0 Å². The van der Waals surface area contributed by atoms with Crippen LogP contribution >= 0.6 is 0 Å². The summed E-state index contributed by atoms with van der Waals surface area (Å²) in [6.45, 7) is 20.7. The van der Waals surface area contributed by atoms with Crippen molar-refractivity contribution in [1.29, 1.82) is 0 Å². The molecule has 2 nitrogen and oxygen atoms in total. The Kier molecular flexibility index (Phi) is 3.57. The zero-order valence-electron chi connectivity index (χ0n) is 13.3. The number of likely N-dealkylation sites (tertiary alicyclic amines) is 2. The van der Waals surface area contributed by atoms with Crippen molar-refractivity contribution in [3.63, 3.8) is 0 Å². The van der Waals surface area contributed by atoms with E-state index >= 15 is 0 Å². The van der Waals surface area contributed by atoms with Gasteiger partial charge in [0.15, 0.2) is 0 Å². The van der Waals surface area contributed by atoms with Gasteiger partial charge in [-0.05, 0) is 45.6 Å². The van der Waals surface area contributed by atoms with Gasteiger partial charge in [-0.25, -0.2) is 0 Å². The molecule has 0 aromatic heterocycles. The normalized spacial score (nSPS) is 25.0. The van der Waals surface area contributed by atoms with E-state index in [-0.39, 0.29) is 0 Å². The molecule has 0 aromatic carbocycles. The van der Waals surface area contributed by atoms with E-state index in [0.29, 0.717) is 16.4 Å². The highest BCUT2D eigenvalue weighted by Crippen LogP contribution is 2.42. The van der Waals surface area contributed by atoms with Gasteiger partial charge < -0.3 is 4.90 Å². The van der Waals surface area contributed by atoms with Crippen LogP contribution in [0.25, 0.3) is 0 Å². The SMILES string of the molecule is CC(C)(C)CCCN1CC2(C1)CN(C(C)(C)C)C2. The van der Waals surface area contributed by atoms with Crippen LogP contribution in [-0.4, -0.2) is 48.1 Å². The number of hydrogen-bond donors (Lipinski definition) is 0. The standard InChI is InChI=1S/C16H32N2/c1-14(2,3)8-7-9-17-10-16(11-17)12-18(13-16)15(4,5)6/h7-13H2,1-6H3. The summed E-state index contributed by atoms with van der Waals surface area (Å²) in [5.74, 6) is 0. The summed E-state index contributed by atoms with van der Waals surface area (Å²) >= 11 is 0. The maximum Gasteiger partial charge on any atom is 0.0212 e. The third-order valence-corrected chi connectivity index (χ3v) is 4.52. The second-order valence-corrected chi connectivity index (χ2v) is 8.90. The van der Waals surface area contributed by atoms with Crippen LogP contribution in [0.1, 0.15) is 54.4 Å². The van der Waals surface area contributed by atoms with Crippen LogP contribution < -0.4 is 0 Å². The van der Waals surface area contributed by atoms with Crippen molar-refractivity contribution in [3.05, 3.63) is 0 Å². The minimum atomic E-state index is 0.373. The van der Waals surface area contributed by atoms with Gasteiger partial charge >= 0.3 is 0 Å². The van der Waals surface area contributed by atoms with Crippen molar-refractivity contribution in [2.75, 3.05) is 32.7 Å². The Labute approximate surface area is 114 Å². The topological polar surface area (TPSA) is 6.48 Å². The maximum atomic E-state index is 2.66. The minimum absolute atomic E-state index is 0.373. The van der Waals surface area contributed by atoms with Gasteiger partial charge in [-0.1, -0.05) is 20.8 Å². The van der Waals surface area contributed by atoms with Gasteiger partial charge in [0.2, 0.25) is 0 Å². The average molecular weight is 252 g/mol. The summed E-state index contributed by atoms with van der Waals surface area (Å²) in [5.41, 5.74) is 1.55. The molecule has 0 amide bonds. The van der Waals surface area contributed by atoms with E-state index in [4.69, 9.17) is 0 Å². The van der Waals surface area contributed by atoms with Crippen molar-refractivity contribution < 1.29 is 0 Å². The van der Waals surface area contributed by atoms with Crippen molar-refractivity contribution in [3.8, 4) is 0 Å². The molecule has 0 radical (unpaired) electrons. The molecule has 2 aliphatic rings. The van der Waals surface area contributed by atoms with Gasteiger partial charge in [0.05, 0.1) is 0 Å². The lowest BCUT2D eigenvalue weighted by Gasteiger charge is -2.63. The molecular weight excluding hydrogens is 220 g/mol. The molecule has 2 heteroatoms. The first kappa shape index (κ1) is 14.3. The Morgan fingerprint density at radius 3 is 1.89 bits per heavy atom. The first-order valence-corrected chi connectivity index (χ1v) is 7.57. The maximum absolute atomic E-state index is 2.66. The fourth-order valence-electron chi connectivity index (χ4n) is 3.33. The van der Waals surface area contributed by atoms with E-state index in [1.165, 1.54) is 45.6 Å². The Bertz CT molecular complexity index is 281. The second-order valence-electron chi connectivity index (χ2n) is 8.90. The molecule has 0 saturated carbocycles. The third kappa shape index (κ3) is 3.27. The Hall–Kier alpha value is -0.0800. The molecule has 0 bridgehead atoms. The van der Waals surface area contributed by atoms with Crippen LogP contribution in [0, 0.1) is 10.8 Å². The van der Waals surface area contributed by atoms with Crippen molar-refractivity contribution in [2.45, 2.75) is 59.9 Å². The van der Waals surface area contributed by atoms with Crippen molar-refractivity contribution >= 4 is 0 Å². The smallest absolute Gasteiger partial charge is 0.0212 e. The molecule has 18 heavy (non-hydrogen) atoms. The van der Waals surface area contributed by atoms with Crippen molar-refractivity contribution in [2.24, 2.45) is 10.8 Å². The average Bonchev–Trinajstić information content (AvgIpc) is 2.00. The van der Waals surface area contributed by atoms with E-state index in [2.05, 4.69) is 51.3 Å². The largest absolute Gasteiger partial charge is 0.302 e. The zero-order chi connectivity index (χ0) is 13.6. The van der Waals surface area contributed by atoms with E-state index in [0.717, 1.165) is 0 Å². The Morgan fingerprint density at radius 2 is 1.44 bits per heavy atom. The molecule has 2 aliphatic heterocycles. The summed E-state index contributed by atoms with van der Waals surface area (Å²) in [6.07, 6.45) is 2.72. The molecule has 2 fully saturated rings. The molecule has 0 atom stereocenters. The van der Waals surface area contributed by atoms with E-state index in [9.17, 15) is 0 Å². The molecule has 106 valence electrons. The lowest BCUT2D eigenvalue weighted by molar-refractivity contribution is -0.144. The monoisotopic (exact) mass is 252 g/mol. The van der Waals surface area contributed by atoms with Crippen LogP contribution in [0.3, 0.4) is 0 Å². The van der Waals surface area contributed by atoms with Gasteiger partial charge in [-0.2, -0.15) is 0 Å². The van der Waals surface area contributed by atoms with Gasteiger partial charge in [0, 0.05) is 37.1 Å². The lowest BCUT2D eigenvalue weighted by atomic mass is 9.71. The van der Waals surface area contributed by atoms with Gasteiger partial charge in [-0.3, -0.25) is 4.90 Å². The fraction of sp³-hybridized carbons (Fsp3) is 1.00. The fourth-order valence-corrected chi connectivity index (χ4v) is 3.33. The zero-order valence-corrected chi connectivity index (χ0v) is 13.3. The first-order chi connectivity index (χ1) is 8.10. The second kappa shape index (κ2) is 4.49. The predicted molar refractivity (Wildman–Crippen MR) is 78.9 cm³/mol. The van der Waals surface area contributed by atoms with E-state index in [1.807, 2.05) is 0 Å². The minimum Gasteiger partial charge on any atom is -0.302 e. The summed E-state index contributed by atoms with van der Waals surface area (Å²) in [4.78, 5) is 5.28. The molecular formula is C16H32N2. The molecule has 0 aliphatic carbocycles. The molecule has 0 N–H and O–H groups in total. The molecule has 2 rings (SSSR count). The van der Waals surface area contributed by atoms with Crippen LogP contribution in [0.15, 0.2) is 0 Å². The third-order valence-electron chi connectivity index (χ3n) is 4.52. The summed E-state index contributed by atoms with van der Waals surface area (Å²) < 4.78 is 0. The summed E-state index contributed by atoms with van der Waals surface area (Å²) in [6, 6.07) is 0. The van der Waals surface area contributed by atoms with Crippen LogP contribution in [0.2, 0.25) is 0 Å². The van der Waals surface area contributed by atoms with E-state index in [1.54, 1.807) is 0 Å². The van der Waals surface area contributed by atoms with Gasteiger partial charge in [-0.15, -0.1) is 0 Å². The van der Waals surface area contributed by atoms with Crippen molar-refractivity contribution in [1.82, 2.24) is 9.80 Å². The number of nitrogens with zero attached hydrogens (tertiary/aromatic N) is 2. The summed E-state index contributed by atoms with van der Waals surface area (Å²) in [5, 5.41) is 0. The molecule has 1 spiro atoms. The van der Waals surface area contributed by atoms with Gasteiger partial charge in [0.25, 0.3) is 0 Å². The molecule has 0 aromatic rings.